The second kappa shape index (κ2) is 5.21. The molecule has 90 valence electrons. The minimum Gasteiger partial charge on any atom is -0.487 e. The van der Waals surface area contributed by atoms with Crippen LogP contribution in [-0.2, 0) is 13.2 Å². The summed E-state index contributed by atoms with van der Waals surface area (Å²) in [6, 6.07) is 7.03. The molecule has 0 spiro atoms. The van der Waals surface area contributed by atoms with Crippen molar-refractivity contribution < 1.29 is 14.4 Å². The summed E-state index contributed by atoms with van der Waals surface area (Å²) in [7, 11) is 0. The number of hydrogen-bond donors (Lipinski definition) is 1. The molecule has 0 saturated heterocycles. The largest absolute Gasteiger partial charge is 0.487 e. The third-order valence-corrected chi connectivity index (χ3v) is 2.64. The Balaban J connectivity index is 2.11. The first-order valence-corrected chi connectivity index (χ1v) is 5.51. The Morgan fingerprint density at radius 1 is 1.47 bits per heavy atom. The average molecular weight is 254 g/mol. The van der Waals surface area contributed by atoms with Crippen molar-refractivity contribution in [3.63, 3.8) is 0 Å². The standard InChI is InChI=1S/C12H12ClNO3/c1-8-5-9(14-17-8)7-16-12-4-2-3-11(13)10(12)6-15/h2-5,15H,6-7H2,1H3. The predicted octanol–water partition coefficient (Wildman–Crippen LogP) is 2.71. The molecule has 0 amide bonds. The summed E-state index contributed by atoms with van der Waals surface area (Å²) in [6.45, 7) is 1.94. The van der Waals surface area contributed by atoms with Gasteiger partial charge in [0.05, 0.1) is 6.61 Å². The molecule has 0 aliphatic carbocycles. The molecule has 0 radical (unpaired) electrons. The molecular formula is C12H12ClNO3. The number of rotatable bonds is 4. The van der Waals surface area contributed by atoms with Gasteiger partial charge in [-0.1, -0.05) is 22.8 Å². The number of aliphatic hydroxyl groups is 1. The van der Waals surface area contributed by atoms with Crippen molar-refractivity contribution in [2.45, 2.75) is 20.1 Å². The molecule has 4 nitrogen and oxygen atoms in total. The third-order valence-electron chi connectivity index (χ3n) is 2.29. The molecule has 17 heavy (non-hydrogen) atoms. The van der Waals surface area contributed by atoms with Crippen LogP contribution in [-0.4, -0.2) is 10.3 Å². The Morgan fingerprint density at radius 3 is 2.94 bits per heavy atom. The number of nitrogens with zero attached hydrogens (tertiary/aromatic N) is 1. The van der Waals surface area contributed by atoms with Gasteiger partial charge in [0.2, 0.25) is 0 Å². The van der Waals surface area contributed by atoms with E-state index in [0.717, 1.165) is 5.76 Å². The zero-order valence-electron chi connectivity index (χ0n) is 9.31. The first-order chi connectivity index (χ1) is 8.20. The maximum Gasteiger partial charge on any atom is 0.134 e. The summed E-state index contributed by atoms with van der Waals surface area (Å²) in [6.07, 6.45) is 0. The van der Waals surface area contributed by atoms with Gasteiger partial charge in [0.15, 0.2) is 0 Å². The van der Waals surface area contributed by atoms with Gasteiger partial charge in [0, 0.05) is 16.7 Å². The third kappa shape index (κ3) is 2.78. The van der Waals surface area contributed by atoms with Gasteiger partial charge < -0.3 is 14.4 Å². The summed E-state index contributed by atoms with van der Waals surface area (Å²) in [4.78, 5) is 0. The topological polar surface area (TPSA) is 55.5 Å². The van der Waals surface area contributed by atoms with Crippen LogP contribution < -0.4 is 4.74 Å². The quantitative estimate of drug-likeness (QED) is 0.910. The number of hydrogen-bond acceptors (Lipinski definition) is 4. The molecule has 0 atom stereocenters. The Kier molecular flexibility index (Phi) is 3.66. The lowest BCUT2D eigenvalue weighted by Gasteiger charge is -2.09. The van der Waals surface area contributed by atoms with Crippen LogP contribution in [0.1, 0.15) is 17.0 Å². The maximum atomic E-state index is 9.20. The van der Waals surface area contributed by atoms with E-state index in [9.17, 15) is 5.11 Å². The van der Waals surface area contributed by atoms with Crippen LogP contribution in [0.5, 0.6) is 5.75 Å². The summed E-state index contributed by atoms with van der Waals surface area (Å²) in [5.41, 5.74) is 1.28. The number of aryl methyl sites for hydroxylation is 1. The minimum absolute atomic E-state index is 0.160. The lowest BCUT2D eigenvalue weighted by Crippen LogP contribution is -1.99. The number of aliphatic hydroxyl groups excluding tert-OH is 1. The van der Waals surface area contributed by atoms with Crippen LogP contribution >= 0.6 is 11.6 Å². The smallest absolute Gasteiger partial charge is 0.134 e. The highest BCUT2D eigenvalue weighted by Crippen LogP contribution is 2.26. The summed E-state index contributed by atoms with van der Waals surface area (Å²) < 4.78 is 10.5. The Morgan fingerprint density at radius 2 is 2.29 bits per heavy atom. The number of ether oxygens (including phenoxy) is 1. The van der Waals surface area contributed by atoms with Gasteiger partial charge in [-0.15, -0.1) is 0 Å². The van der Waals surface area contributed by atoms with E-state index in [0.29, 0.717) is 22.0 Å². The lowest BCUT2D eigenvalue weighted by atomic mass is 10.2. The van der Waals surface area contributed by atoms with Crippen molar-refractivity contribution in [3.8, 4) is 5.75 Å². The molecule has 2 rings (SSSR count). The van der Waals surface area contributed by atoms with E-state index in [2.05, 4.69) is 5.16 Å². The zero-order chi connectivity index (χ0) is 12.3. The molecule has 0 saturated carbocycles. The molecule has 1 N–H and O–H groups in total. The van der Waals surface area contributed by atoms with Crippen molar-refractivity contribution in [1.82, 2.24) is 5.16 Å². The van der Waals surface area contributed by atoms with Crippen LogP contribution in [0, 0.1) is 6.92 Å². The second-order valence-electron chi connectivity index (χ2n) is 3.59. The molecule has 2 aromatic rings. The molecule has 1 aromatic heterocycles. The molecule has 0 fully saturated rings. The average Bonchev–Trinajstić information content (AvgIpc) is 2.72. The van der Waals surface area contributed by atoms with Crippen LogP contribution in [0.15, 0.2) is 28.8 Å². The lowest BCUT2D eigenvalue weighted by molar-refractivity contribution is 0.254. The molecule has 0 bridgehead atoms. The van der Waals surface area contributed by atoms with E-state index >= 15 is 0 Å². The van der Waals surface area contributed by atoms with E-state index in [4.69, 9.17) is 20.9 Å². The molecule has 0 aliphatic rings. The fourth-order valence-corrected chi connectivity index (χ4v) is 1.69. The monoisotopic (exact) mass is 253 g/mol. The number of aromatic nitrogens is 1. The van der Waals surface area contributed by atoms with E-state index in [1.165, 1.54) is 0 Å². The molecular weight excluding hydrogens is 242 g/mol. The first kappa shape index (κ1) is 12.0. The molecule has 0 unspecified atom stereocenters. The summed E-state index contributed by atoms with van der Waals surface area (Å²) in [5, 5.41) is 13.5. The fourth-order valence-electron chi connectivity index (χ4n) is 1.47. The normalized spacial score (nSPS) is 10.5. The first-order valence-electron chi connectivity index (χ1n) is 5.14. The Bertz CT molecular complexity index is 510. The highest BCUT2D eigenvalue weighted by Gasteiger charge is 2.08. The van der Waals surface area contributed by atoms with E-state index < -0.39 is 0 Å². The number of halogens is 1. The second-order valence-corrected chi connectivity index (χ2v) is 4.00. The Hall–Kier alpha value is -1.52. The van der Waals surface area contributed by atoms with Gasteiger partial charge in [-0.3, -0.25) is 0 Å². The fraction of sp³-hybridized carbons (Fsp3) is 0.250. The van der Waals surface area contributed by atoms with E-state index in [1.807, 2.05) is 6.92 Å². The van der Waals surface area contributed by atoms with Crippen molar-refractivity contribution in [1.29, 1.82) is 0 Å². The van der Waals surface area contributed by atoms with Gasteiger partial charge in [0.1, 0.15) is 23.8 Å². The summed E-state index contributed by atoms with van der Waals surface area (Å²) in [5.74, 6) is 1.29. The molecule has 0 aliphatic heterocycles. The highest BCUT2D eigenvalue weighted by molar-refractivity contribution is 6.31. The van der Waals surface area contributed by atoms with Crippen molar-refractivity contribution in [2.24, 2.45) is 0 Å². The van der Waals surface area contributed by atoms with Gasteiger partial charge in [-0.05, 0) is 19.1 Å². The molecule has 5 heteroatoms. The predicted molar refractivity (Wildman–Crippen MR) is 62.9 cm³/mol. The van der Waals surface area contributed by atoms with Gasteiger partial charge in [-0.2, -0.15) is 0 Å². The molecule has 1 heterocycles. The van der Waals surface area contributed by atoms with Crippen molar-refractivity contribution in [3.05, 3.63) is 46.3 Å². The maximum absolute atomic E-state index is 9.20. The van der Waals surface area contributed by atoms with Crippen molar-refractivity contribution in [2.75, 3.05) is 0 Å². The Labute approximate surface area is 104 Å². The van der Waals surface area contributed by atoms with Crippen molar-refractivity contribution >= 4 is 11.6 Å². The van der Waals surface area contributed by atoms with Gasteiger partial charge in [-0.25, -0.2) is 0 Å². The SMILES string of the molecule is Cc1cc(COc2cccc(Cl)c2CO)no1. The van der Waals surface area contributed by atoms with Crippen LogP contribution in [0.3, 0.4) is 0 Å². The van der Waals surface area contributed by atoms with E-state index in [1.54, 1.807) is 24.3 Å². The summed E-state index contributed by atoms with van der Waals surface area (Å²) >= 11 is 5.94. The van der Waals surface area contributed by atoms with Gasteiger partial charge >= 0.3 is 0 Å². The van der Waals surface area contributed by atoms with E-state index in [-0.39, 0.29) is 13.2 Å². The number of benzene rings is 1. The zero-order valence-corrected chi connectivity index (χ0v) is 10.1. The minimum atomic E-state index is -0.160. The van der Waals surface area contributed by atoms with Crippen LogP contribution in [0.2, 0.25) is 5.02 Å². The van der Waals surface area contributed by atoms with Gasteiger partial charge in [0.25, 0.3) is 0 Å². The highest BCUT2D eigenvalue weighted by atomic mass is 35.5. The van der Waals surface area contributed by atoms with Crippen LogP contribution in [0.4, 0.5) is 0 Å². The molecule has 1 aromatic carbocycles. The van der Waals surface area contributed by atoms with Crippen LogP contribution in [0.25, 0.3) is 0 Å².